The van der Waals surface area contributed by atoms with Gasteiger partial charge in [0.05, 0.1) is 5.69 Å². The lowest BCUT2D eigenvalue weighted by atomic mass is 10.1. The molecule has 1 unspecified atom stereocenters. The summed E-state index contributed by atoms with van der Waals surface area (Å²) < 4.78 is 5.50. The average Bonchev–Trinajstić information content (AvgIpc) is 2.78. The van der Waals surface area contributed by atoms with Crippen LogP contribution in [-0.2, 0) is 4.79 Å². The number of hydrogen-bond donors (Lipinski definition) is 2. The van der Waals surface area contributed by atoms with E-state index in [9.17, 15) is 4.79 Å². The molecule has 5 heteroatoms. The van der Waals surface area contributed by atoms with E-state index in [0.717, 1.165) is 29.6 Å². The van der Waals surface area contributed by atoms with Gasteiger partial charge >= 0.3 is 0 Å². The highest BCUT2D eigenvalue weighted by Crippen LogP contribution is 2.24. The predicted molar refractivity (Wildman–Crippen MR) is 84.4 cm³/mol. The standard InChI is InChI=1S/C16H21N3O2/c1-4-5-10(2)15(20)19-16(17)18-13-6-7-14-12(9-13)8-11(3)21-14/h6-10H,4-5H2,1-3H3,(H3,17,18,19,20). The number of hydrogen-bond acceptors (Lipinski definition) is 3. The molecule has 1 atom stereocenters. The summed E-state index contributed by atoms with van der Waals surface area (Å²) in [5, 5.41) is 3.60. The molecule has 0 spiro atoms. The highest BCUT2D eigenvalue weighted by molar-refractivity contribution is 5.98. The topological polar surface area (TPSA) is 80.6 Å². The summed E-state index contributed by atoms with van der Waals surface area (Å²) in [6.07, 6.45) is 1.79. The van der Waals surface area contributed by atoms with Crippen molar-refractivity contribution in [2.45, 2.75) is 33.6 Å². The van der Waals surface area contributed by atoms with Crippen molar-refractivity contribution in [2.75, 3.05) is 0 Å². The fraction of sp³-hybridized carbons (Fsp3) is 0.375. The molecule has 0 bridgehead atoms. The predicted octanol–water partition coefficient (Wildman–Crippen LogP) is 3.24. The number of carbonyl (C=O) groups is 1. The van der Waals surface area contributed by atoms with Gasteiger partial charge in [-0.3, -0.25) is 10.1 Å². The van der Waals surface area contributed by atoms with Gasteiger partial charge in [0.15, 0.2) is 0 Å². The molecule has 112 valence electrons. The maximum atomic E-state index is 11.9. The molecule has 1 aromatic carbocycles. The maximum Gasteiger partial charge on any atom is 0.229 e. The Morgan fingerprint density at radius 1 is 1.43 bits per heavy atom. The van der Waals surface area contributed by atoms with Crippen LogP contribution in [0.3, 0.4) is 0 Å². The van der Waals surface area contributed by atoms with Gasteiger partial charge in [-0.2, -0.15) is 0 Å². The van der Waals surface area contributed by atoms with Gasteiger partial charge in [0.1, 0.15) is 11.3 Å². The zero-order chi connectivity index (χ0) is 15.4. The van der Waals surface area contributed by atoms with Crippen LogP contribution in [0, 0.1) is 12.8 Å². The molecule has 3 N–H and O–H groups in total. The van der Waals surface area contributed by atoms with Crippen molar-refractivity contribution in [1.29, 1.82) is 0 Å². The Bertz CT molecular complexity index is 673. The zero-order valence-electron chi connectivity index (χ0n) is 12.6. The second-order valence-corrected chi connectivity index (χ2v) is 5.26. The Labute approximate surface area is 124 Å². The van der Waals surface area contributed by atoms with Crippen LogP contribution < -0.4 is 11.1 Å². The highest BCUT2D eigenvalue weighted by Gasteiger charge is 2.12. The molecule has 5 nitrogen and oxygen atoms in total. The van der Waals surface area contributed by atoms with Gasteiger partial charge in [-0.25, -0.2) is 4.99 Å². The van der Waals surface area contributed by atoms with Gasteiger partial charge in [0.2, 0.25) is 11.9 Å². The van der Waals surface area contributed by atoms with E-state index in [4.69, 9.17) is 10.2 Å². The van der Waals surface area contributed by atoms with Gasteiger partial charge in [0, 0.05) is 11.3 Å². The molecule has 0 aliphatic carbocycles. The van der Waals surface area contributed by atoms with E-state index in [1.54, 1.807) is 6.07 Å². The van der Waals surface area contributed by atoms with Crippen molar-refractivity contribution in [3.05, 3.63) is 30.0 Å². The fourth-order valence-corrected chi connectivity index (χ4v) is 2.21. The minimum atomic E-state index is -0.0988. The summed E-state index contributed by atoms with van der Waals surface area (Å²) in [5.74, 6) is 0.796. The van der Waals surface area contributed by atoms with Crippen molar-refractivity contribution in [1.82, 2.24) is 5.32 Å². The fourth-order valence-electron chi connectivity index (χ4n) is 2.21. The van der Waals surface area contributed by atoms with E-state index < -0.39 is 0 Å². The number of nitrogens with one attached hydrogen (secondary N) is 1. The normalized spacial score (nSPS) is 13.4. The number of rotatable bonds is 4. The number of nitrogens with two attached hydrogens (primary N) is 1. The number of guanidine groups is 1. The van der Waals surface area contributed by atoms with Crippen LogP contribution in [0.2, 0.25) is 0 Å². The molecule has 0 saturated carbocycles. The largest absolute Gasteiger partial charge is 0.461 e. The third-order valence-corrected chi connectivity index (χ3v) is 3.29. The Kier molecular flexibility index (Phi) is 4.62. The molecule has 2 aromatic rings. The van der Waals surface area contributed by atoms with Crippen molar-refractivity contribution in [2.24, 2.45) is 16.6 Å². The number of furan rings is 1. The minimum Gasteiger partial charge on any atom is -0.461 e. The number of fused-ring (bicyclic) bond motifs is 1. The first-order valence-corrected chi connectivity index (χ1v) is 7.15. The molecule has 0 radical (unpaired) electrons. The number of carbonyl (C=O) groups excluding carboxylic acids is 1. The first kappa shape index (κ1) is 15.1. The molecule has 1 heterocycles. The van der Waals surface area contributed by atoms with Crippen LogP contribution in [0.25, 0.3) is 11.0 Å². The van der Waals surface area contributed by atoms with E-state index >= 15 is 0 Å². The summed E-state index contributed by atoms with van der Waals surface area (Å²) in [7, 11) is 0. The second-order valence-electron chi connectivity index (χ2n) is 5.26. The lowest BCUT2D eigenvalue weighted by molar-refractivity contribution is -0.123. The average molecular weight is 287 g/mol. The molecule has 2 rings (SSSR count). The Morgan fingerprint density at radius 2 is 2.19 bits per heavy atom. The zero-order valence-corrected chi connectivity index (χ0v) is 12.6. The number of benzene rings is 1. The van der Waals surface area contributed by atoms with Crippen molar-refractivity contribution >= 4 is 28.5 Å². The van der Waals surface area contributed by atoms with Crippen LogP contribution in [0.1, 0.15) is 32.4 Å². The van der Waals surface area contributed by atoms with E-state index in [-0.39, 0.29) is 17.8 Å². The van der Waals surface area contributed by atoms with Crippen molar-refractivity contribution in [3.63, 3.8) is 0 Å². The third-order valence-electron chi connectivity index (χ3n) is 3.29. The lowest BCUT2D eigenvalue weighted by Crippen LogP contribution is -2.39. The molecular weight excluding hydrogens is 266 g/mol. The molecule has 0 aliphatic heterocycles. The minimum absolute atomic E-state index is 0.0669. The van der Waals surface area contributed by atoms with Crippen LogP contribution >= 0.6 is 0 Å². The number of amides is 1. The molecule has 0 aliphatic rings. The summed E-state index contributed by atoms with van der Waals surface area (Å²) in [6, 6.07) is 7.46. The van der Waals surface area contributed by atoms with Crippen LogP contribution in [-0.4, -0.2) is 11.9 Å². The number of nitrogens with zero attached hydrogens (tertiary/aromatic N) is 1. The van der Waals surface area contributed by atoms with Crippen LogP contribution in [0.15, 0.2) is 33.7 Å². The van der Waals surface area contributed by atoms with Crippen molar-refractivity contribution < 1.29 is 9.21 Å². The second kappa shape index (κ2) is 6.43. The van der Waals surface area contributed by atoms with E-state index in [1.807, 2.05) is 39.0 Å². The van der Waals surface area contributed by atoms with Gasteiger partial charge in [0.25, 0.3) is 0 Å². The molecule has 1 aromatic heterocycles. The van der Waals surface area contributed by atoms with Crippen LogP contribution in [0.5, 0.6) is 0 Å². The Morgan fingerprint density at radius 3 is 2.90 bits per heavy atom. The summed E-state index contributed by atoms with van der Waals surface area (Å²) in [5.41, 5.74) is 7.28. The van der Waals surface area contributed by atoms with Gasteiger partial charge in [-0.05, 0) is 37.6 Å². The molecule has 1 amide bonds. The Balaban J connectivity index is 2.11. The van der Waals surface area contributed by atoms with Crippen molar-refractivity contribution in [3.8, 4) is 0 Å². The van der Waals surface area contributed by atoms with E-state index in [2.05, 4.69) is 10.3 Å². The summed E-state index contributed by atoms with van der Waals surface area (Å²) in [6.45, 7) is 5.82. The molecule has 0 saturated heterocycles. The number of aryl methyl sites for hydroxylation is 1. The van der Waals surface area contributed by atoms with Gasteiger partial charge < -0.3 is 10.2 Å². The van der Waals surface area contributed by atoms with E-state index in [0.29, 0.717) is 5.69 Å². The first-order valence-electron chi connectivity index (χ1n) is 7.15. The summed E-state index contributed by atoms with van der Waals surface area (Å²) in [4.78, 5) is 16.1. The maximum absolute atomic E-state index is 11.9. The SMILES string of the molecule is CCCC(C)C(=O)NC(N)=Nc1ccc2oc(C)cc2c1. The quantitative estimate of drug-likeness (QED) is 0.669. The monoisotopic (exact) mass is 287 g/mol. The van der Waals surface area contributed by atoms with E-state index in [1.165, 1.54) is 0 Å². The highest BCUT2D eigenvalue weighted by atomic mass is 16.3. The molecular formula is C16H21N3O2. The lowest BCUT2D eigenvalue weighted by Gasteiger charge is -2.10. The third kappa shape index (κ3) is 3.84. The number of aliphatic imine (C=N–C) groups is 1. The molecule has 0 fully saturated rings. The molecule has 21 heavy (non-hydrogen) atoms. The van der Waals surface area contributed by atoms with Gasteiger partial charge in [-0.1, -0.05) is 20.3 Å². The summed E-state index contributed by atoms with van der Waals surface area (Å²) >= 11 is 0. The first-order chi connectivity index (χ1) is 9.99. The smallest absolute Gasteiger partial charge is 0.229 e. The van der Waals surface area contributed by atoms with Gasteiger partial charge in [-0.15, -0.1) is 0 Å². The Hall–Kier alpha value is -2.30. The van der Waals surface area contributed by atoms with Crippen LogP contribution in [0.4, 0.5) is 5.69 Å².